The van der Waals surface area contributed by atoms with Gasteiger partial charge in [-0.3, -0.25) is 4.99 Å². The van der Waals surface area contributed by atoms with Gasteiger partial charge in [0, 0.05) is 35.8 Å². The van der Waals surface area contributed by atoms with Crippen molar-refractivity contribution in [3.05, 3.63) is 52.3 Å². The fraction of sp³-hybridized carbons (Fsp3) is 0.143. The van der Waals surface area contributed by atoms with Crippen LogP contribution >= 0.6 is 23.5 Å². The summed E-state index contributed by atoms with van der Waals surface area (Å²) in [7, 11) is 4.89. The molecule has 0 saturated heterocycles. The summed E-state index contributed by atoms with van der Waals surface area (Å²) < 4.78 is 8.64. The number of aliphatic imine (C=N–C) groups is 1. The van der Waals surface area contributed by atoms with E-state index < -0.39 is 0 Å². The third-order valence-electron chi connectivity index (χ3n) is 4.29. The lowest BCUT2D eigenvalue weighted by Gasteiger charge is -2.11. The van der Waals surface area contributed by atoms with Gasteiger partial charge in [0.25, 0.3) is 0 Å². The molecule has 10 heteroatoms. The number of fused-ring (bicyclic) bond motifs is 3. The molecule has 0 bridgehead atoms. The second kappa shape index (κ2) is 10.3. The Hall–Kier alpha value is -3.14. The molecule has 1 aliphatic heterocycles. The number of para-hydroxylation sites is 1. The number of aromatic nitrogens is 2. The smallest absolute Gasteiger partial charge is 0.228 e. The van der Waals surface area contributed by atoms with Gasteiger partial charge < -0.3 is 20.5 Å². The molecule has 8 nitrogen and oxygen atoms in total. The van der Waals surface area contributed by atoms with Crippen molar-refractivity contribution in [2.45, 2.75) is 4.90 Å². The van der Waals surface area contributed by atoms with Crippen LogP contribution in [0.1, 0.15) is 0 Å². The van der Waals surface area contributed by atoms with Crippen LogP contribution < -0.4 is 31.2 Å². The molecule has 0 saturated carbocycles. The molecule has 31 heavy (non-hydrogen) atoms. The van der Waals surface area contributed by atoms with Crippen molar-refractivity contribution in [2.75, 3.05) is 31.2 Å². The Labute approximate surface area is 189 Å². The van der Waals surface area contributed by atoms with Crippen LogP contribution in [0.15, 0.2) is 51.4 Å². The van der Waals surface area contributed by atoms with Gasteiger partial charge in [-0.2, -0.15) is 0 Å². The van der Waals surface area contributed by atoms with E-state index in [0.29, 0.717) is 22.2 Å². The van der Waals surface area contributed by atoms with Crippen LogP contribution in [-0.4, -0.2) is 37.9 Å². The number of rotatable bonds is 6. The summed E-state index contributed by atoms with van der Waals surface area (Å²) in [4.78, 5) is 18.2. The van der Waals surface area contributed by atoms with Crippen LogP contribution in [0.3, 0.4) is 0 Å². The highest BCUT2D eigenvalue weighted by Crippen LogP contribution is 2.40. The summed E-state index contributed by atoms with van der Waals surface area (Å²) in [6.07, 6.45) is 3.22. The molecule has 0 spiro atoms. The molecule has 4 N–H and O–H groups in total. The summed E-state index contributed by atoms with van der Waals surface area (Å²) in [5, 5.41) is 4.46. The summed E-state index contributed by atoms with van der Waals surface area (Å²) in [5.41, 5.74) is 8.78. The number of nitrogens with one attached hydrogen (secondary N) is 2. The highest BCUT2D eigenvalue weighted by atomic mass is 35.5. The van der Waals surface area contributed by atoms with Gasteiger partial charge in [-0.1, -0.05) is 23.7 Å². The monoisotopic (exact) mass is 455 g/mol. The first-order valence-electron chi connectivity index (χ1n) is 9.21. The summed E-state index contributed by atoms with van der Waals surface area (Å²) in [6, 6.07) is 9.77. The van der Waals surface area contributed by atoms with E-state index in [0.717, 1.165) is 32.6 Å². The second-order valence-electron chi connectivity index (χ2n) is 6.04. The zero-order valence-corrected chi connectivity index (χ0v) is 18.9. The SMILES string of the molecule is C=N/C=c1/cc2c(nc1NC)=Nc1c(NSc3cc(Cl)cnc3OC)cccc1-2.CN. The zero-order valence-electron chi connectivity index (χ0n) is 17.3. The molecule has 0 amide bonds. The molecule has 4 rings (SSSR count). The number of benzene rings is 1. The Bertz CT molecular complexity index is 1230. The van der Waals surface area contributed by atoms with E-state index in [1.807, 2.05) is 31.3 Å². The van der Waals surface area contributed by atoms with Gasteiger partial charge >= 0.3 is 0 Å². The van der Waals surface area contributed by atoms with Crippen molar-refractivity contribution >= 4 is 53.7 Å². The lowest BCUT2D eigenvalue weighted by atomic mass is 10.1. The van der Waals surface area contributed by atoms with Gasteiger partial charge in [0.2, 0.25) is 5.88 Å². The van der Waals surface area contributed by atoms with Crippen LogP contribution in [0.25, 0.3) is 17.3 Å². The molecule has 3 aromatic rings. The fourth-order valence-electron chi connectivity index (χ4n) is 3.01. The Morgan fingerprint density at radius 2 is 2.06 bits per heavy atom. The first-order valence-corrected chi connectivity index (χ1v) is 10.4. The Kier molecular flexibility index (Phi) is 7.45. The molecule has 160 valence electrons. The second-order valence-corrected chi connectivity index (χ2v) is 7.32. The number of hydrogen-bond donors (Lipinski definition) is 3. The summed E-state index contributed by atoms with van der Waals surface area (Å²) >= 11 is 7.43. The highest BCUT2D eigenvalue weighted by molar-refractivity contribution is 8.00. The first kappa shape index (κ1) is 22.5. The minimum absolute atomic E-state index is 0.497. The minimum Gasteiger partial charge on any atom is -0.480 e. The van der Waals surface area contributed by atoms with Gasteiger partial charge in [0.05, 0.1) is 28.4 Å². The normalized spacial score (nSPS) is 11.5. The summed E-state index contributed by atoms with van der Waals surface area (Å²) in [6.45, 7) is 3.53. The maximum absolute atomic E-state index is 6.07. The minimum atomic E-state index is 0.497. The molecular weight excluding hydrogens is 434 g/mol. The number of pyridine rings is 2. The zero-order chi connectivity index (χ0) is 22.4. The Balaban J connectivity index is 0.00000132. The molecule has 0 radical (unpaired) electrons. The van der Waals surface area contributed by atoms with Crippen LogP contribution in [0.2, 0.25) is 5.02 Å². The maximum atomic E-state index is 6.07. The number of methoxy groups -OCH3 is 1. The average molecular weight is 456 g/mol. The largest absolute Gasteiger partial charge is 0.480 e. The predicted molar refractivity (Wildman–Crippen MR) is 129 cm³/mol. The molecule has 0 unspecified atom stereocenters. The highest BCUT2D eigenvalue weighted by Gasteiger charge is 2.19. The third kappa shape index (κ3) is 4.63. The Morgan fingerprint density at radius 1 is 1.26 bits per heavy atom. The number of ether oxygens (including phenoxy) is 1. The van der Waals surface area contributed by atoms with E-state index >= 15 is 0 Å². The Morgan fingerprint density at radius 3 is 2.77 bits per heavy atom. The van der Waals surface area contributed by atoms with Crippen LogP contribution in [0.4, 0.5) is 17.2 Å². The van der Waals surface area contributed by atoms with Crippen molar-refractivity contribution in [2.24, 2.45) is 15.7 Å². The first-order chi connectivity index (χ1) is 15.1. The topological polar surface area (TPSA) is 110 Å². The maximum Gasteiger partial charge on any atom is 0.228 e. The molecule has 1 aliphatic rings. The number of hydrogen-bond acceptors (Lipinski definition) is 9. The molecular formula is C21H22ClN7OS. The standard InChI is InChI=1S/C20H17ClN6OS.CH5N/c1-22-9-11-7-14-13-5-4-6-15(17(13)25-19(14)26-18(11)23-2)27-29-16-8-12(21)10-24-20(16)28-3;1-2/h4-10,27H,1H2,2-3H3,(H,23,25,26);2H2,1H3/b11-9-;. The van der Waals surface area contributed by atoms with E-state index in [-0.39, 0.29) is 0 Å². The number of nitrogens with two attached hydrogens (primary N) is 1. The number of anilines is 2. The average Bonchev–Trinajstić information content (AvgIpc) is 3.17. The van der Waals surface area contributed by atoms with Crippen LogP contribution in [0.5, 0.6) is 5.88 Å². The predicted octanol–water partition coefficient (Wildman–Crippen LogP) is 3.24. The van der Waals surface area contributed by atoms with Gasteiger partial charge in [0.1, 0.15) is 5.82 Å². The van der Waals surface area contributed by atoms with Crippen molar-refractivity contribution in [1.82, 2.24) is 9.97 Å². The van der Waals surface area contributed by atoms with Gasteiger partial charge in [-0.25, -0.2) is 15.0 Å². The molecule has 0 aliphatic carbocycles. The van der Waals surface area contributed by atoms with E-state index in [1.54, 1.807) is 25.6 Å². The van der Waals surface area contributed by atoms with Gasteiger partial charge in [-0.15, -0.1) is 0 Å². The third-order valence-corrected chi connectivity index (χ3v) is 5.33. The number of halogens is 1. The van der Waals surface area contributed by atoms with Crippen molar-refractivity contribution in [3.63, 3.8) is 0 Å². The van der Waals surface area contributed by atoms with Crippen molar-refractivity contribution in [3.8, 4) is 17.0 Å². The lowest BCUT2D eigenvalue weighted by Crippen LogP contribution is -2.19. The number of nitrogens with zero attached hydrogens (tertiary/aromatic N) is 4. The van der Waals surface area contributed by atoms with Crippen LogP contribution in [-0.2, 0) is 0 Å². The molecule has 0 fully saturated rings. The van der Waals surface area contributed by atoms with Crippen LogP contribution in [0, 0.1) is 0 Å². The van der Waals surface area contributed by atoms with E-state index in [1.165, 1.54) is 19.0 Å². The van der Waals surface area contributed by atoms with Gasteiger partial charge in [-0.05, 0) is 43.9 Å². The van der Waals surface area contributed by atoms with Gasteiger partial charge in [0.15, 0.2) is 5.49 Å². The van der Waals surface area contributed by atoms with E-state index in [4.69, 9.17) is 21.3 Å². The molecule has 2 aromatic heterocycles. The fourth-order valence-corrected chi connectivity index (χ4v) is 4.03. The molecule has 1 aromatic carbocycles. The van der Waals surface area contributed by atoms with Crippen molar-refractivity contribution < 1.29 is 4.74 Å². The van der Waals surface area contributed by atoms with E-state index in [2.05, 4.69) is 37.5 Å². The van der Waals surface area contributed by atoms with E-state index in [9.17, 15) is 0 Å². The quantitative estimate of drug-likeness (QED) is 0.302. The molecule has 3 heterocycles. The molecule has 0 atom stereocenters. The van der Waals surface area contributed by atoms with Crippen molar-refractivity contribution in [1.29, 1.82) is 0 Å². The summed E-state index contributed by atoms with van der Waals surface area (Å²) in [5.74, 6) is 1.20. The lowest BCUT2D eigenvalue weighted by molar-refractivity contribution is 0.387.